The van der Waals surface area contributed by atoms with Crippen LogP contribution in [0.4, 0.5) is 10.2 Å². The average Bonchev–Trinajstić information content (AvgIpc) is 3.55. The third-order valence-electron chi connectivity index (χ3n) is 7.15. The number of likely N-dealkylation sites (tertiary alicyclic amines) is 1. The van der Waals surface area contributed by atoms with E-state index in [2.05, 4.69) is 25.4 Å². The third-order valence-corrected chi connectivity index (χ3v) is 7.15. The molecule has 1 aromatic carbocycles. The maximum Gasteiger partial charge on any atom is 0.255 e. The Hall–Kier alpha value is -3.86. The Labute approximate surface area is 199 Å². The number of piperidine rings is 1. The van der Waals surface area contributed by atoms with Gasteiger partial charge in [-0.25, -0.2) is 9.37 Å². The number of hydrogen-bond acceptors (Lipinski definition) is 7. The van der Waals surface area contributed by atoms with Gasteiger partial charge >= 0.3 is 0 Å². The summed E-state index contributed by atoms with van der Waals surface area (Å²) >= 11 is 0. The van der Waals surface area contributed by atoms with Crippen molar-refractivity contribution in [3.8, 4) is 11.3 Å². The van der Waals surface area contributed by atoms with Crippen molar-refractivity contribution in [1.82, 2.24) is 30.3 Å². The molecule has 3 aliphatic rings. The van der Waals surface area contributed by atoms with Crippen LogP contribution in [-0.4, -0.2) is 61.8 Å². The van der Waals surface area contributed by atoms with Crippen molar-refractivity contribution in [2.75, 3.05) is 18.8 Å². The average molecular weight is 478 g/mol. The van der Waals surface area contributed by atoms with Crippen LogP contribution in [-0.2, 0) is 22.7 Å². The van der Waals surface area contributed by atoms with Gasteiger partial charge in [0.15, 0.2) is 5.82 Å². The topological polar surface area (TPSA) is 137 Å². The Morgan fingerprint density at radius 3 is 2.69 bits per heavy atom. The first-order valence-corrected chi connectivity index (χ1v) is 11.7. The van der Waals surface area contributed by atoms with Crippen molar-refractivity contribution < 1.29 is 18.8 Å². The minimum Gasteiger partial charge on any atom is -0.380 e. The van der Waals surface area contributed by atoms with Gasteiger partial charge in [-0.3, -0.25) is 29.7 Å². The van der Waals surface area contributed by atoms with Crippen molar-refractivity contribution >= 4 is 34.6 Å². The Bertz CT molecular complexity index is 1400. The first-order chi connectivity index (χ1) is 16.9. The number of fused-ring (bicyclic) bond motifs is 2. The number of nitrogens with zero attached hydrogens (tertiary/aromatic N) is 4. The quantitative estimate of drug-likeness (QED) is 0.487. The van der Waals surface area contributed by atoms with E-state index < -0.39 is 23.7 Å². The molecule has 35 heavy (non-hydrogen) atoms. The standard InChI is InChI=1S/C24H24FN7O3/c25-19-14(4-3-13-15(19)11-32(24(13)35)17-5-6-18(33)28-23(17)34)16-9-12(10-31-7-1-2-8-31)20-21(27-16)22(26)30-29-20/h3-4,9,17H,1-2,5-8,10-11H2,(H3,26,29,30)(H,28,33,34). The first kappa shape index (κ1) is 21.7. The van der Waals surface area contributed by atoms with E-state index in [1.165, 1.54) is 4.90 Å². The highest BCUT2D eigenvalue weighted by atomic mass is 19.1. The van der Waals surface area contributed by atoms with E-state index in [1.807, 2.05) is 6.07 Å². The Morgan fingerprint density at radius 1 is 1.14 bits per heavy atom. The molecule has 3 aromatic rings. The summed E-state index contributed by atoms with van der Waals surface area (Å²) in [5, 5.41) is 9.31. The number of hydrogen-bond donors (Lipinski definition) is 3. The number of anilines is 1. The number of nitrogen functional groups attached to an aromatic ring is 1. The molecule has 0 bridgehead atoms. The first-order valence-electron chi connectivity index (χ1n) is 11.7. The lowest BCUT2D eigenvalue weighted by Gasteiger charge is -2.29. The van der Waals surface area contributed by atoms with Crippen LogP contribution in [0.15, 0.2) is 18.2 Å². The molecule has 2 aromatic heterocycles. The van der Waals surface area contributed by atoms with Crippen molar-refractivity contribution in [2.24, 2.45) is 0 Å². The highest BCUT2D eigenvalue weighted by molar-refractivity contribution is 6.05. The Morgan fingerprint density at radius 2 is 1.91 bits per heavy atom. The van der Waals surface area contributed by atoms with Crippen LogP contribution in [0.5, 0.6) is 0 Å². The monoisotopic (exact) mass is 477 g/mol. The minimum absolute atomic E-state index is 0.0448. The molecule has 5 heterocycles. The number of aromatic amines is 1. The van der Waals surface area contributed by atoms with Crippen LogP contribution in [0.25, 0.3) is 22.3 Å². The number of aromatic nitrogens is 3. The molecule has 0 spiro atoms. The van der Waals surface area contributed by atoms with Crippen LogP contribution in [0.3, 0.4) is 0 Å². The summed E-state index contributed by atoms with van der Waals surface area (Å²) in [5.41, 5.74) is 9.30. The Balaban J connectivity index is 1.38. The fourth-order valence-corrected chi connectivity index (χ4v) is 5.32. The van der Waals surface area contributed by atoms with Crippen molar-refractivity contribution in [2.45, 2.75) is 44.8 Å². The highest BCUT2D eigenvalue weighted by Gasteiger charge is 2.40. The fraction of sp³-hybridized carbons (Fsp3) is 0.375. The number of halogens is 1. The second-order valence-corrected chi connectivity index (χ2v) is 9.34. The molecule has 2 saturated heterocycles. The van der Waals surface area contributed by atoms with Gasteiger partial charge in [-0.2, -0.15) is 5.10 Å². The summed E-state index contributed by atoms with van der Waals surface area (Å²) in [6.07, 6.45) is 2.64. The summed E-state index contributed by atoms with van der Waals surface area (Å²) in [4.78, 5) is 45.1. The van der Waals surface area contributed by atoms with Gasteiger partial charge in [0.25, 0.3) is 5.91 Å². The van der Waals surface area contributed by atoms with Gasteiger partial charge in [-0.05, 0) is 56.1 Å². The number of pyridine rings is 1. The van der Waals surface area contributed by atoms with E-state index in [0.717, 1.165) is 37.0 Å². The van der Waals surface area contributed by atoms with E-state index in [-0.39, 0.29) is 47.8 Å². The number of carbonyl (C=O) groups excluding carboxylic acids is 3. The second-order valence-electron chi connectivity index (χ2n) is 9.34. The highest BCUT2D eigenvalue weighted by Crippen LogP contribution is 2.35. The van der Waals surface area contributed by atoms with Crippen molar-refractivity contribution in [1.29, 1.82) is 0 Å². The normalized spacial score (nSPS) is 20.7. The van der Waals surface area contributed by atoms with Gasteiger partial charge in [-0.1, -0.05) is 0 Å². The van der Waals surface area contributed by atoms with Crippen LogP contribution in [0.1, 0.15) is 47.2 Å². The van der Waals surface area contributed by atoms with Gasteiger partial charge in [0.1, 0.15) is 17.4 Å². The molecular formula is C24H24FN7O3. The van der Waals surface area contributed by atoms with Gasteiger partial charge in [-0.15, -0.1) is 0 Å². The molecule has 10 nitrogen and oxygen atoms in total. The van der Waals surface area contributed by atoms with Gasteiger partial charge < -0.3 is 10.6 Å². The van der Waals surface area contributed by atoms with E-state index in [1.54, 1.807) is 12.1 Å². The van der Waals surface area contributed by atoms with Crippen molar-refractivity contribution in [3.05, 3.63) is 40.7 Å². The summed E-state index contributed by atoms with van der Waals surface area (Å²) in [5.74, 6) is -1.63. The van der Waals surface area contributed by atoms with E-state index in [4.69, 9.17) is 5.73 Å². The molecule has 1 unspecified atom stereocenters. The lowest BCUT2D eigenvalue weighted by atomic mass is 10.0. The van der Waals surface area contributed by atoms with Gasteiger partial charge in [0, 0.05) is 29.7 Å². The molecule has 4 N–H and O–H groups in total. The lowest BCUT2D eigenvalue weighted by molar-refractivity contribution is -0.136. The van der Waals surface area contributed by atoms with E-state index in [9.17, 15) is 14.4 Å². The SMILES string of the molecule is Nc1n[nH]c2c(CN3CCCC3)cc(-c3ccc4c(c3F)CN(C3CCC(=O)NC3=O)C4=O)nc12. The number of rotatable bonds is 4. The molecule has 2 fully saturated rings. The van der Waals surface area contributed by atoms with Gasteiger partial charge in [0.2, 0.25) is 11.8 Å². The van der Waals surface area contributed by atoms with Crippen LogP contribution in [0.2, 0.25) is 0 Å². The molecule has 0 saturated carbocycles. The summed E-state index contributed by atoms with van der Waals surface area (Å²) in [7, 11) is 0. The molecular weight excluding hydrogens is 453 g/mol. The predicted molar refractivity (Wildman–Crippen MR) is 124 cm³/mol. The van der Waals surface area contributed by atoms with Crippen LogP contribution in [0, 0.1) is 5.82 Å². The molecule has 0 aliphatic carbocycles. The van der Waals surface area contributed by atoms with Gasteiger partial charge in [0.05, 0.1) is 17.8 Å². The zero-order valence-electron chi connectivity index (χ0n) is 18.9. The number of carbonyl (C=O) groups is 3. The molecule has 3 amide bonds. The Kier molecular flexibility index (Phi) is 5.03. The zero-order valence-corrected chi connectivity index (χ0v) is 18.9. The smallest absolute Gasteiger partial charge is 0.255 e. The molecule has 6 rings (SSSR count). The zero-order chi connectivity index (χ0) is 24.3. The fourth-order valence-electron chi connectivity index (χ4n) is 5.32. The molecule has 1 atom stereocenters. The number of benzene rings is 1. The predicted octanol–water partition coefficient (Wildman–Crippen LogP) is 1.70. The number of imide groups is 1. The third kappa shape index (κ3) is 3.54. The summed E-state index contributed by atoms with van der Waals surface area (Å²) in [6.45, 7) is 2.61. The summed E-state index contributed by atoms with van der Waals surface area (Å²) in [6, 6.07) is 4.16. The van der Waals surface area contributed by atoms with Crippen LogP contribution >= 0.6 is 0 Å². The molecule has 3 aliphatic heterocycles. The number of nitrogens with two attached hydrogens (primary N) is 1. The number of H-pyrrole nitrogens is 1. The molecule has 11 heteroatoms. The largest absolute Gasteiger partial charge is 0.380 e. The molecule has 0 radical (unpaired) electrons. The maximum absolute atomic E-state index is 15.9. The second kappa shape index (κ2) is 8.12. The number of nitrogens with one attached hydrogen (secondary N) is 2. The van der Waals surface area contributed by atoms with E-state index >= 15 is 4.39 Å². The summed E-state index contributed by atoms with van der Waals surface area (Å²) < 4.78 is 15.9. The lowest BCUT2D eigenvalue weighted by Crippen LogP contribution is -2.52. The molecule has 180 valence electrons. The van der Waals surface area contributed by atoms with Crippen molar-refractivity contribution in [3.63, 3.8) is 0 Å². The maximum atomic E-state index is 15.9. The van der Waals surface area contributed by atoms with E-state index in [0.29, 0.717) is 17.8 Å². The number of amides is 3. The van der Waals surface area contributed by atoms with Crippen LogP contribution < -0.4 is 11.1 Å². The minimum atomic E-state index is -0.803.